The Hall–Kier alpha value is -6.30. The lowest BCUT2D eigenvalue weighted by atomic mass is 9.94. The summed E-state index contributed by atoms with van der Waals surface area (Å²) in [5.41, 5.74) is -0.837. The minimum Gasteiger partial charge on any atom is -0.478 e. The predicted molar refractivity (Wildman–Crippen MR) is 149 cm³/mol. The van der Waals surface area contributed by atoms with Crippen LogP contribution >= 0.6 is 0 Å². The summed E-state index contributed by atoms with van der Waals surface area (Å²) in [7, 11) is 0. The number of hydrogen-bond donors (Lipinski definition) is 6. The molecule has 0 fully saturated rings. The van der Waals surface area contributed by atoms with Crippen LogP contribution in [0.1, 0.15) is 62.1 Å². The van der Waals surface area contributed by atoms with Crippen LogP contribution in [0, 0.1) is 0 Å². The second-order valence-electron chi connectivity index (χ2n) is 8.82. The molecule has 0 saturated heterocycles. The summed E-state index contributed by atoms with van der Waals surface area (Å²) in [5, 5.41) is 42.3. The van der Waals surface area contributed by atoms with Gasteiger partial charge in [0.05, 0.1) is 22.3 Å². The molecule has 0 unspecified atom stereocenters. The highest BCUT2D eigenvalue weighted by atomic mass is 16.4. The van der Waals surface area contributed by atoms with Crippen molar-refractivity contribution in [2.24, 2.45) is 0 Å². The molecule has 42 heavy (non-hydrogen) atoms. The molecule has 0 atom stereocenters. The van der Waals surface area contributed by atoms with Crippen LogP contribution < -0.4 is 10.6 Å². The minimum atomic E-state index is -1.39. The molecule has 0 bridgehead atoms. The van der Waals surface area contributed by atoms with E-state index in [1.54, 1.807) is 36.4 Å². The molecule has 0 heterocycles. The van der Waals surface area contributed by atoms with Crippen molar-refractivity contribution >= 4 is 47.1 Å². The summed E-state index contributed by atoms with van der Waals surface area (Å²) in [4.78, 5) is 72.5. The fourth-order valence-corrected chi connectivity index (χ4v) is 4.12. The van der Waals surface area contributed by atoms with Gasteiger partial charge in [-0.2, -0.15) is 0 Å². The third-order valence-corrected chi connectivity index (χ3v) is 6.00. The van der Waals surface area contributed by atoms with Crippen molar-refractivity contribution in [2.75, 3.05) is 10.6 Å². The highest BCUT2D eigenvalue weighted by Crippen LogP contribution is 2.29. The van der Waals surface area contributed by atoms with E-state index in [1.807, 2.05) is 0 Å². The summed E-state index contributed by atoms with van der Waals surface area (Å²) < 4.78 is 0. The van der Waals surface area contributed by atoms with Crippen LogP contribution in [-0.4, -0.2) is 56.1 Å². The molecule has 4 rings (SSSR count). The highest BCUT2D eigenvalue weighted by Gasteiger charge is 2.20. The molecule has 0 aromatic heterocycles. The van der Waals surface area contributed by atoms with Gasteiger partial charge in [-0.05, 0) is 59.7 Å². The fraction of sp³-hybridized carbons (Fsp3) is 0. The molecule has 2 amide bonds. The van der Waals surface area contributed by atoms with E-state index in [4.69, 9.17) is 0 Å². The first-order valence-electron chi connectivity index (χ1n) is 12.0. The van der Waals surface area contributed by atoms with Gasteiger partial charge in [0.25, 0.3) is 11.8 Å². The molecule has 12 heteroatoms. The number of anilines is 2. The second kappa shape index (κ2) is 11.8. The van der Waals surface area contributed by atoms with Crippen LogP contribution in [0.15, 0.2) is 84.9 Å². The van der Waals surface area contributed by atoms with Gasteiger partial charge in [0.15, 0.2) is 0 Å². The Bertz CT molecular complexity index is 1600. The molecule has 0 saturated carbocycles. The number of benzene rings is 4. The van der Waals surface area contributed by atoms with Crippen LogP contribution in [0.4, 0.5) is 11.4 Å². The van der Waals surface area contributed by atoms with Gasteiger partial charge in [-0.25, -0.2) is 19.2 Å². The Kier molecular flexibility index (Phi) is 8.09. The predicted octanol–water partition coefficient (Wildman–Crippen LogP) is 4.65. The van der Waals surface area contributed by atoms with Gasteiger partial charge in [0.1, 0.15) is 0 Å². The molecule has 12 nitrogen and oxygen atoms in total. The van der Waals surface area contributed by atoms with Crippen LogP contribution in [0.3, 0.4) is 0 Å². The van der Waals surface area contributed by atoms with Crippen molar-refractivity contribution in [3.8, 4) is 11.1 Å². The molecular weight excluding hydrogens is 548 g/mol. The van der Waals surface area contributed by atoms with E-state index in [9.17, 15) is 49.2 Å². The van der Waals surface area contributed by atoms with Gasteiger partial charge >= 0.3 is 23.9 Å². The van der Waals surface area contributed by atoms with Gasteiger partial charge in [-0.15, -0.1) is 0 Å². The zero-order valence-corrected chi connectivity index (χ0v) is 21.3. The number of carboxylic acid groups (broad SMARTS) is 4. The first-order chi connectivity index (χ1) is 19.9. The quantitative estimate of drug-likeness (QED) is 0.165. The molecule has 0 spiro atoms. The molecule has 0 aliphatic heterocycles. The Morgan fingerprint density at radius 3 is 1.00 bits per heavy atom. The zero-order chi connectivity index (χ0) is 30.6. The summed E-state index contributed by atoms with van der Waals surface area (Å²) in [6, 6.07) is 18.7. The fourth-order valence-electron chi connectivity index (χ4n) is 4.12. The lowest BCUT2D eigenvalue weighted by Crippen LogP contribution is -2.17. The van der Waals surface area contributed by atoms with Gasteiger partial charge < -0.3 is 31.1 Å². The van der Waals surface area contributed by atoms with Crippen molar-refractivity contribution in [2.45, 2.75) is 0 Å². The molecule has 210 valence electrons. The number of nitrogens with one attached hydrogen (secondary N) is 2. The van der Waals surface area contributed by atoms with Crippen LogP contribution in [0.25, 0.3) is 11.1 Å². The largest absolute Gasteiger partial charge is 0.478 e. The topological polar surface area (TPSA) is 207 Å². The maximum absolute atomic E-state index is 13.3. The normalized spacial score (nSPS) is 10.4. The molecule has 4 aromatic rings. The first kappa shape index (κ1) is 28.7. The van der Waals surface area contributed by atoms with Crippen molar-refractivity contribution in [1.29, 1.82) is 0 Å². The van der Waals surface area contributed by atoms with E-state index in [0.717, 1.165) is 36.4 Å². The number of amides is 2. The first-order valence-corrected chi connectivity index (χ1v) is 12.0. The second-order valence-corrected chi connectivity index (χ2v) is 8.82. The number of carboxylic acids is 4. The van der Waals surface area contributed by atoms with E-state index in [1.165, 1.54) is 12.1 Å². The van der Waals surface area contributed by atoms with Gasteiger partial charge in [0.2, 0.25) is 0 Å². The third kappa shape index (κ3) is 6.29. The van der Waals surface area contributed by atoms with Crippen molar-refractivity contribution in [1.82, 2.24) is 0 Å². The summed E-state index contributed by atoms with van der Waals surface area (Å²) in [6.45, 7) is 0. The van der Waals surface area contributed by atoms with E-state index in [-0.39, 0.29) is 44.8 Å². The van der Waals surface area contributed by atoms with Crippen LogP contribution in [0.2, 0.25) is 0 Å². The number of carbonyl (C=O) groups excluding carboxylic acids is 2. The van der Waals surface area contributed by atoms with E-state index in [2.05, 4.69) is 10.6 Å². The van der Waals surface area contributed by atoms with Gasteiger partial charge in [-0.3, -0.25) is 9.59 Å². The number of aromatic carboxylic acids is 4. The standard InChI is InChI=1S/C30H20N2O10/c33-25(31-19-11-15(27(35)36)9-16(12-19)28(37)38)23-7-3-1-5-21(23)22-6-2-4-8-24(22)26(34)32-20-13-17(29(39)40)10-18(14-20)30(41)42/h1-14H,(H,31,33)(H,32,34)(H,35,36)(H,37,38)(H,39,40)(H,41,42). The Morgan fingerprint density at radius 1 is 0.429 bits per heavy atom. The van der Waals surface area contributed by atoms with Crippen molar-refractivity contribution in [3.05, 3.63) is 118 Å². The maximum Gasteiger partial charge on any atom is 0.335 e. The van der Waals surface area contributed by atoms with Crippen LogP contribution in [-0.2, 0) is 0 Å². The molecule has 6 N–H and O–H groups in total. The van der Waals surface area contributed by atoms with E-state index < -0.39 is 35.7 Å². The van der Waals surface area contributed by atoms with Gasteiger partial charge in [0, 0.05) is 22.5 Å². The van der Waals surface area contributed by atoms with Crippen LogP contribution in [0.5, 0.6) is 0 Å². The summed E-state index contributed by atoms with van der Waals surface area (Å²) >= 11 is 0. The number of rotatable bonds is 9. The summed E-state index contributed by atoms with van der Waals surface area (Å²) in [6.07, 6.45) is 0. The van der Waals surface area contributed by atoms with Crippen molar-refractivity contribution < 1.29 is 49.2 Å². The summed E-state index contributed by atoms with van der Waals surface area (Å²) in [5.74, 6) is -7.01. The molecule has 0 aliphatic carbocycles. The Balaban J connectivity index is 1.71. The Morgan fingerprint density at radius 2 is 0.714 bits per heavy atom. The highest BCUT2D eigenvalue weighted by molar-refractivity contribution is 6.14. The third-order valence-electron chi connectivity index (χ3n) is 6.00. The molecule has 0 aliphatic rings. The lowest BCUT2D eigenvalue weighted by Gasteiger charge is -2.15. The van der Waals surface area contributed by atoms with E-state index >= 15 is 0 Å². The average Bonchev–Trinajstić information content (AvgIpc) is 2.96. The van der Waals surface area contributed by atoms with Crippen molar-refractivity contribution in [3.63, 3.8) is 0 Å². The SMILES string of the molecule is O=C(O)c1cc(NC(=O)c2ccccc2-c2ccccc2C(=O)Nc2cc(C(=O)O)cc(C(=O)O)c2)cc(C(=O)O)c1. The Labute approximate surface area is 236 Å². The lowest BCUT2D eigenvalue weighted by molar-refractivity contribution is 0.0676. The number of hydrogen-bond acceptors (Lipinski definition) is 6. The maximum atomic E-state index is 13.3. The minimum absolute atomic E-state index is 0.0661. The molecule has 4 aromatic carbocycles. The zero-order valence-electron chi connectivity index (χ0n) is 21.3. The molecule has 0 radical (unpaired) electrons. The average molecular weight is 568 g/mol. The van der Waals surface area contributed by atoms with Gasteiger partial charge in [-0.1, -0.05) is 36.4 Å². The monoisotopic (exact) mass is 568 g/mol. The number of carbonyl (C=O) groups is 6. The van der Waals surface area contributed by atoms with E-state index in [0.29, 0.717) is 11.1 Å². The smallest absolute Gasteiger partial charge is 0.335 e. The molecular formula is C30H20N2O10.